The number of aryl methyl sites for hydroxylation is 1. The molecular formula is C10H9F3N2O. The van der Waals surface area contributed by atoms with Gasteiger partial charge < -0.3 is 4.74 Å². The first-order valence-electron chi connectivity index (χ1n) is 4.45. The number of hydrogen-bond acceptors (Lipinski definition) is 3. The average molecular weight is 230 g/mol. The normalized spacial score (nSPS) is 13.0. The second kappa shape index (κ2) is 4.39. The lowest BCUT2D eigenvalue weighted by Gasteiger charge is -2.17. The summed E-state index contributed by atoms with van der Waals surface area (Å²) < 4.78 is 41.3. The first-order valence-corrected chi connectivity index (χ1v) is 4.45. The van der Waals surface area contributed by atoms with E-state index in [1.807, 2.05) is 0 Å². The highest BCUT2D eigenvalue weighted by Gasteiger charge is 2.38. The maximum Gasteiger partial charge on any atom is 0.425 e. The smallest absolute Gasteiger partial charge is 0.425 e. The molecule has 1 heterocycles. The maximum absolute atomic E-state index is 12.2. The molecule has 1 unspecified atom stereocenters. The zero-order valence-corrected chi connectivity index (χ0v) is 8.67. The van der Waals surface area contributed by atoms with E-state index in [4.69, 9.17) is 5.26 Å². The van der Waals surface area contributed by atoms with Crippen molar-refractivity contribution in [2.75, 3.05) is 0 Å². The lowest BCUT2D eigenvalue weighted by atomic mass is 10.3. The van der Waals surface area contributed by atoms with Crippen LogP contribution in [0.5, 0.6) is 5.75 Å². The monoisotopic (exact) mass is 230 g/mol. The van der Waals surface area contributed by atoms with Gasteiger partial charge in [-0.25, -0.2) is 4.98 Å². The minimum Gasteiger partial charge on any atom is -0.481 e. The molecule has 0 amide bonds. The van der Waals surface area contributed by atoms with Gasteiger partial charge in [0.05, 0.1) is 0 Å². The Balaban J connectivity index is 2.90. The molecule has 1 rings (SSSR count). The van der Waals surface area contributed by atoms with Crippen molar-refractivity contribution in [3.63, 3.8) is 0 Å². The summed E-state index contributed by atoms with van der Waals surface area (Å²) in [5.74, 6) is -0.00567. The van der Waals surface area contributed by atoms with Crippen molar-refractivity contribution in [3.05, 3.63) is 23.5 Å². The molecule has 0 aliphatic carbocycles. The molecule has 1 atom stereocenters. The SMILES string of the molecule is Cc1cc(OC(C)C(F)(F)F)cc(C#N)n1. The van der Waals surface area contributed by atoms with Crippen LogP contribution in [0.1, 0.15) is 18.3 Å². The standard InChI is InChI=1S/C10H9F3N2O/c1-6-3-9(4-8(5-14)15-6)16-7(2)10(11,12)13/h3-4,7H,1-2H3. The van der Waals surface area contributed by atoms with Crippen molar-refractivity contribution < 1.29 is 17.9 Å². The van der Waals surface area contributed by atoms with Gasteiger partial charge in [0, 0.05) is 17.8 Å². The fourth-order valence-electron chi connectivity index (χ4n) is 1.03. The van der Waals surface area contributed by atoms with E-state index in [0.717, 1.165) is 6.92 Å². The van der Waals surface area contributed by atoms with E-state index in [0.29, 0.717) is 5.69 Å². The van der Waals surface area contributed by atoms with Crippen LogP contribution in [0.25, 0.3) is 0 Å². The van der Waals surface area contributed by atoms with Crippen LogP contribution in [-0.2, 0) is 0 Å². The number of nitriles is 1. The summed E-state index contributed by atoms with van der Waals surface area (Å²) in [6.07, 6.45) is -6.34. The molecule has 0 aromatic carbocycles. The van der Waals surface area contributed by atoms with Crippen molar-refractivity contribution in [1.82, 2.24) is 4.98 Å². The molecule has 0 fully saturated rings. The minimum atomic E-state index is -4.43. The van der Waals surface area contributed by atoms with Crippen molar-refractivity contribution in [3.8, 4) is 11.8 Å². The molecule has 3 nitrogen and oxygen atoms in total. The first-order chi connectivity index (χ1) is 7.32. The quantitative estimate of drug-likeness (QED) is 0.784. The number of halogens is 3. The average Bonchev–Trinajstić information content (AvgIpc) is 2.15. The van der Waals surface area contributed by atoms with Gasteiger partial charge in [0.25, 0.3) is 0 Å². The van der Waals surface area contributed by atoms with Crippen LogP contribution in [-0.4, -0.2) is 17.3 Å². The third-order valence-corrected chi connectivity index (χ3v) is 1.82. The summed E-state index contributed by atoms with van der Waals surface area (Å²) in [7, 11) is 0. The van der Waals surface area contributed by atoms with Gasteiger partial charge in [-0.1, -0.05) is 0 Å². The van der Waals surface area contributed by atoms with Crippen LogP contribution in [0.2, 0.25) is 0 Å². The number of nitrogens with zero attached hydrogens (tertiary/aromatic N) is 2. The van der Waals surface area contributed by atoms with Crippen molar-refractivity contribution in [2.24, 2.45) is 0 Å². The zero-order chi connectivity index (χ0) is 12.3. The molecule has 16 heavy (non-hydrogen) atoms. The fraction of sp³-hybridized carbons (Fsp3) is 0.400. The lowest BCUT2D eigenvalue weighted by Crippen LogP contribution is -2.31. The van der Waals surface area contributed by atoms with Gasteiger partial charge in [0.15, 0.2) is 6.10 Å². The molecular weight excluding hydrogens is 221 g/mol. The summed E-state index contributed by atoms with van der Waals surface area (Å²) in [6, 6.07) is 4.27. The van der Waals surface area contributed by atoms with Gasteiger partial charge in [-0.3, -0.25) is 0 Å². The van der Waals surface area contributed by atoms with E-state index >= 15 is 0 Å². The third kappa shape index (κ3) is 3.12. The van der Waals surface area contributed by atoms with Gasteiger partial charge in [0.1, 0.15) is 17.5 Å². The second-order valence-corrected chi connectivity index (χ2v) is 3.24. The largest absolute Gasteiger partial charge is 0.481 e. The van der Waals surface area contributed by atoms with E-state index in [9.17, 15) is 13.2 Å². The van der Waals surface area contributed by atoms with Gasteiger partial charge >= 0.3 is 6.18 Å². The maximum atomic E-state index is 12.2. The Bertz CT molecular complexity index is 423. The van der Waals surface area contributed by atoms with E-state index in [1.165, 1.54) is 12.1 Å². The molecule has 0 N–H and O–H groups in total. The van der Waals surface area contributed by atoms with Crippen LogP contribution in [0.3, 0.4) is 0 Å². The van der Waals surface area contributed by atoms with E-state index in [2.05, 4.69) is 9.72 Å². The highest BCUT2D eigenvalue weighted by molar-refractivity contribution is 5.32. The third-order valence-electron chi connectivity index (χ3n) is 1.82. The molecule has 0 saturated heterocycles. The highest BCUT2D eigenvalue weighted by atomic mass is 19.4. The van der Waals surface area contributed by atoms with Gasteiger partial charge in [-0.15, -0.1) is 0 Å². The minimum absolute atomic E-state index is 0.00567. The topological polar surface area (TPSA) is 45.9 Å². The molecule has 86 valence electrons. The number of hydrogen-bond donors (Lipinski definition) is 0. The van der Waals surface area contributed by atoms with E-state index in [-0.39, 0.29) is 11.4 Å². The predicted octanol–water partition coefficient (Wildman–Crippen LogP) is 2.59. The summed E-state index contributed by atoms with van der Waals surface area (Å²) in [5, 5.41) is 8.59. The Hall–Kier alpha value is -1.77. The van der Waals surface area contributed by atoms with Crippen molar-refractivity contribution in [1.29, 1.82) is 5.26 Å². The van der Waals surface area contributed by atoms with Crippen molar-refractivity contribution >= 4 is 0 Å². The summed E-state index contributed by atoms with van der Waals surface area (Å²) in [4.78, 5) is 3.80. The molecule has 0 bridgehead atoms. The summed E-state index contributed by atoms with van der Waals surface area (Å²) in [6.45, 7) is 2.48. The Morgan fingerprint density at radius 3 is 2.56 bits per heavy atom. The predicted molar refractivity (Wildman–Crippen MR) is 49.8 cm³/mol. The number of aromatic nitrogens is 1. The van der Waals surface area contributed by atoms with Crippen LogP contribution >= 0.6 is 0 Å². The second-order valence-electron chi connectivity index (χ2n) is 3.24. The van der Waals surface area contributed by atoms with E-state index in [1.54, 1.807) is 13.0 Å². The first kappa shape index (κ1) is 12.3. The van der Waals surface area contributed by atoms with Gasteiger partial charge in [0.2, 0.25) is 0 Å². The van der Waals surface area contributed by atoms with Gasteiger partial charge in [-0.2, -0.15) is 18.4 Å². The fourth-order valence-corrected chi connectivity index (χ4v) is 1.03. The molecule has 0 aliphatic heterocycles. The molecule has 0 radical (unpaired) electrons. The Kier molecular flexibility index (Phi) is 3.38. The van der Waals surface area contributed by atoms with Gasteiger partial charge in [-0.05, 0) is 13.8 Å². The summed E-state index contributed by atoms with van der Waals surface area (Å²) >= 11 is 0. The van der Waals surface area contributed by atoms with Crippen molar-refractivity contribution in [2.45, 2.75) is 26.1 Å². The number of pyridine rings is 1. The Morgan fingerprint density at radius 1 is 1.44 bits per heavy atom. The molecule has 0 spiro atoms. The molecule has 1 aromatic heterocycles. The summed E-state index contributed by atoms with van der Waals surface area (Å²) in [5.41, 5.74) is 0.466. The highest BCUT2D eigenvalue weighted by Crippen LogP contribution is 2.25. The van der Waals surface area contributed by atoms with Crippen LogP contribution < -0.4 is 4.74 Å². The Labute approximate surface area is 90.5 Å². The molecule has 1 aromatic rings. The van der Waals surface area contributed by atoms with E-state index < -0.39 is 12.3 Å². The van der Waals surface area contributed by atoms with Crippen LogP contribution in [0, 0.1) is 18.3 Å². The number of rotatable bonds is 2. The van der Waals surface area contributed by atoms with Crippen LogP contribution in [0.15, 0.2) is 12.1 Å². The molecule has 6 heteroatoms. The number of alkyl halides is 3. The molecule has 0 aliphatic rings. The molecule has 0 saturated carbocycles. The Morgan fingerprint density at radius 2 is 2.06 bits per heavy atom. The van der Waals surface area contributed by atoms with Crippen LogP contribution in [0.4, 0.5) is 13.2 Å². The lowest BCUT2D eigenvalue weighted by molar-refractivity contribution is -0.189. The zero-order valence-electron chi connectivity index (χ0n) is 8.67. The number of ether oxygens (including phenoxy) is 1.